The van der Waals surface area contributed by atoms with E-state index in [1.165, 1.54) is 43.1 Å². The minimum Gasteiger partial charge on any atom is -0.466 e. The maximum Gasteiger partial charge on any atom is 0.310 e. The number of carbonyl (C=O) groups excluding carboxylic acids is 1. The Balaban J connectivity index is 1.31. The molecule has 1 aliphatic heterocycles. The van der Waals surface area contributed by atoms with Crippen LogP contribution in [0.25, 0.3) is 42.8 Å². The summed E-state index contributed by atoms with van der Waals surface area (Å²) in [5.41, 5.74) is 9.29. The third-order valence-corrected chi connectivity index (χ3v) is 10.8. The molecule has 0 bridgehead atoms. The van der Waals surface area contributed by atoms with Gasteiger partial charge in [-0.1, -0.05) is 50.5 Å². The number of fused-ring (bicyclic) bond motifs is 2. The van der Waals surface area contributed by atoms with Crippen LogP contribution in [0.4, 0.5) is 5.82 Å². The Hall–Kier alpha value is -3.71. The molecule has 1 aliphatic carbocycles. The van der Waals surface area contributed by atoms with Crippen LogP contribution >= 0.6 is 11.3 Å². The van der Waals surface area contributed by atoms with Crippen LogP contribution in [0.5, 0.6) is 0 Å². The standard InChI is InChI=1S/C36H40N4O2S/c1-5-24-10-12-25(13-11-24)32-27(20-31(41)42-6-2)23(3)18-29-33(32)43-35(37-29)26-14-15-30-28(19-26)34(38-39(30)4)40-21-36(22-40)16-8-7-9-17-36/h10-15,18-19H,5-9,16-17,20-22H2,1-4H3. The van der Waals surface area contributed by atoms with Gasteiger partial charge in [0, 0.05) is 42.1 Å². The molecule has 2 fully saturated rings. The van der Waals surface area contributed by atoms with Crippen molar-refractivity contribution in [1.82, 2.24) is 14.8 Å². The van der Waals surface area contributed by atoms with Crippen LogP contribution in [-0.2, 0) is 29.4 Å². The van der Waals surface area contributed by atoms with Gasteiger partial charge in [0.1, 0.15) is 5.01 Å². The van der Waals surface area contributed by atoms with Crippen molar-refractivity contribution in [3.05, 3.63) is 65.2 Å². The third kappa shape index (κ3) is 5.01. The van der Waals surface area contributed by atoms with Crippen molar-refractivity contribution in [2.45, 2.75) is 65.7 Å². The molecule has 0 unspecified atom stereocenters. The second-order valence-electron chi connectivity index (χ2n) is 12.5. The maximum absolute atomic E-state index is 12.7. The fourth-order valence-corrected chi connectivity index (χ4v) is 8.43. The summed E-state index contributed by atoms with van der Waals surface area (Å²) < 4.78 is 8.50. The number of aromatic nitrogens is 3. The molecule has 7 heteroatoms. The molecule has 5 aromatic rings. The van der Waals surface area contributed by atoms with Gasteiger partial charge in [0.25, 0.3) is 0 Å². The molecule has 222 valence electrons. The highest BCUT2D eigenvalue weighted by Crippen LogP contribution is 2.47. The van der Waals surface area contributed by atoms with E-state index in [1.54, 1.807) is 11.3 Å². The largest absolute Gasteiger partial charge is 0.466 e. The fourth-order valence-electron chi connectivity index (χ4n) is 7.30. The highest BCUT2D eigenvalue weighted by Gasteiger charge is 2.44. The van der Waals surface area contributed by atoms with Gasteiger partial charge < -0.3 is 9.64 Å². The Morgan fingerprint density at radius 1 is 1.00 bits per heavy atom. The molecule has 2 aromatic heterocycles. The smallest absolute Gasteiger partial charge is 0.310 e. The molecule has 7 rings (SSSR count). The summed E-state index contributed by atoms with van der Waals surface area (Å²) in [7, 11) is 2.04. The van der Waals surface area contributed by atoms with Crippen LogP contribution < -0.4 is 4.90 Å². The van der Waals surface area contributed by atoms with Gasteiger partial charge in [-0.2, -0.15) is 5.10 Å². The van der Waals surface area contributed by atoms with E-state index < -0.39 is 0 Å². The van der Waals surface area contributed by atoms with Crippen molar-refractivity contribution in [1.29, 1.82) is 0 Å². The van der Waals surface area contributed by atoms with Crippen molar-refractivity contribution >= 4 is 44.2 Å². The van der Waals surface area contributed by atoms with E-state index in [9.17, 15) is 4.79 Å². The highest BCUT2D eigenvalue weighted by atomic mass is 32.1. The lowest BCUT2D eigenvalue weighted by Crippen LogP contribution is -2.57. The van der Waals surface area contributed by atoms with Crippen molar-refractivity contribution in [3.8, 4) is 21.7 Å². The molecule has 0 radical (unpaired) electrons. The number of thiazole rings is 1. The first-order valence-corrected chi connectivity index (χ1v) is 16.6. The lowest BCUT2D eigenvalue weighted by atomic mass is 9.68. The highest BCUT2D eigenvalue weighted by molar-refractivity contribution is 7.22. The minimum atomic E-state index is -0.198. The average Bonchev–Trinajstić information content (AvgIpc) is 3.57. The van der Waals surface area contributed by atoms with Gasteiger partial charge in [0.05, 0.1) is 28.8 Å². The van der Waals surface area contributed by atoms with Crippen molar-refractivity contribution in [3.63, 3.8) is 0 Å². The maximum atomic E-state index is 12.7. The van der Waals surface area contributed by atoms with E-state index in [-0.39, 0.29) is 12.4 Å². The summed E-state index contributed by atoms with van der Waals surface area (Å²) in [5.74, 6) is 0.901. The predicted molar refractivity (Wildman–Crippen MR) is 177 cm³/mol. The fraction of sp³-hybridized carbons (Fsp3) is 0.417. The molecular weight excluding hydrogens is 552 g/mol. The Morgan fingerprint density at radius 2 is 1.74 bits per heavy atom. The van der Waals surface area contributed by atoms with E-state index in [4.69, 9.17) is 14.8 Å². The van der Waals surface area contributed by atoms with E-state index >= 15 is 0 Å². The molecular formula is C36H40N4O2S. The van der Waals surface area contributed by atoms with Crippen molar-refractivity contribution < 1.29 is 9.53 Å². The van der Waals surface area contributed by atoms with Crippen molar-refractivity contribution in [2.24, 2.45) is 12.5 Å². The predicted octanol–water partition coefficient (Wildman–Crippen LogP) is 8.26. The summed E-state index contributed by atoms with van der Waals surface area (Å²) in [6.45, 7) is 8.72. The molecule has 3 heterocycles. The number of aryl methyl sites for hydroxylation is 3. The first-order valence-electron chi connectivity index (χ1n) is 15.8. The summed E-state index contributed by atoms with van der Waals surface area (Å²) in [6.07, 6.45) is 8.06. The number of anilines is 1. The van der Waals surface area contributed by atoms with Crippen LogP contribution in [0.1, 0.15) is 62.6 Å². The zero-order valence-corrected chi connectivity index (χ0v) is 26.5. The summed E-state index contributed by atoms with van der Waals surface area (Å²) in [5, 5.41) is 7.16. The van der Waals surface area contributed by atoms with Crippen LogP contribution in [-0.4, -0.2) is 40.4 Å². The molecule has 3 aromatic carbocycles. The number of esters is 1. The zero-order chi connectivity index (χ0) is 29.7. The van der Waals surface area contributed by atoms with Crippen molar-refractivity contribution in [2.75, 3.05) is 24.6 Å². The van der Waals surface area contributed by atoms with Gasteiger partial charge in [-0.25, -0.2) is 4.98 Å². The van der Waals surface area contributed by atoms with Crippen LogP contribution in [0, 0.1) is 12.3 Å². The third-order valence-electron chi connectivity index (χ3n) is 9.63. The monoisotopic (exact) mass is 592 g/mol. The number of nitrogens with zero attached hydrogens (tertiary/aromatic N) is 4. The number of hydrogen-bond acceptors (Lipinski definition) is 6. The Morgan fingerprint density at radius 3 is 2.47 bits per heavy atom. The molecule has 1 saturated carbocycles. The first-order chi connectivity index (χ1) is 20.9. The summed E-state index contributed by atoms with van der Waals surface area (Å²) in [4.78, 5) is 20.4. The van der Waals surface area contributed by atoms with E-state index in [0.29, 0.717) is 12.0 Å². The average molecular weight is 593 g/mol. The first kappa shape index (κ1) is 28.1. The summed E-state index contributed by atoms with van der Waals surface area (Å²) >= 11 is 1.71. The molecule has 0 N–H and O–H groups in total. The molecule has 0 amide bonds. The van der Waals surface area contributed by atoms with Gasteiger partial charge in [-0.15, -0.1) is 11.3 Å². The molecule has 1 saturated heterocycles. The number of ether oxygens (including phenoxy) is 1. The Kier molecular flexibility index (Phi) is 7.24. The topological polar surface area (TPSA) is 60.2 Å². The Bertz CT molecular complexity index is 1820. The quantitative estimate of drug-likeness (QED) is 0.178. The van der Waals surface area contributed by atoms with Crippen LogP contribution in [0.2, 0.25) is 0 Å². The van der Waals surface area contributed by atoms with Gasteiger partial charge >= 0.3 is 5.97 Å². The number of carbonyl (C=O) groups is 1. The molecule has 1 spiro atoms. The lowest BCUT2D eigenvalue weighted by Gasteiger charge is -2.52. The number of rotatable bonds is 7. The number of hydrogen-bond donors (Lipinski definition) is 0. The van der Waals surface area contributed by atoms with Crippen LogP contribution in [0.3, 0.4) is 0 Å². The second kappa shape index (κ2) is 11.1. The van der Waals surface area contributed by atoms with E-state index in [1.807, 2.05) is 18.7 Å². The minimum absolute atomic E-state index is 0.198. The normalized spacial score (nSPS) is 16.2. The molecule has 2 aliphatic rings. The zero-order valence-electron chi connectivity index (χ0n) is 25.7. The Labute approximate surface area is 257 Å². The van der Waals surface area contributed by atoms with Gasteiger partial charge in [-0.05, 0) is 79.6 Å². The van der Waals surface area contributed by atoms with Gasteiger partial charge in [-0.3, -0.25) is 9.48 Å². The van der Waals surface area contributed by atoms with E-state index in [2.05, 4.69) is 67.3 Å². The SMILES string of the molecule is CCOC(=O)Cc1c(C)cc2nc(-c3ccc4c(c3)c(N3CC5(CCCCC5)C3)nn4C)sc2c1-c1ccc(CC)cc1. The molecule has 6 nitrogen and oxygen atoms in total. The van der Waals surface area contributed by atoms with E-state index in [0.717, 1.165) is 73.9 Å². The molecule has 0 atom stereocenters. The van der Waals surface area contributed by atoms with Gasteiger partial charge in [0.2, 0.25) is 0 Å². The summed E-state index contributed by atoms with van der Waals surface area (Å²) in [6, 6.07) is 17.5. The lowest BCUT2D eigenvalue weighted by molar-refractivity contribution is -0.142. The molecule has 43 heavy (non-hydrogen) atoms. The van der Waals surface area contributed by atoms with Gasteiger partial charge in [0.15, 0.2) is 5.82 Å². The van der Waals surface area contributed by atoms with Crippen LogP contribution in [0.15, 0.2) is 48.5 Å². The second-order valence-corrected chi connectivity index (χ2v) is 13.5. The number of benzene rings is 3.